The maximum Gasteiger partial charge on any atom is 0.315 e. The monoisotopic (exact) mass is 174 g/mol. The van der Waals surface area contributed by atoms with Crippen LogP contribution < -0.4 is 10.6 Å². The van der Waals surface area contributed by atoms with Gasteiger partial charge in [-0.3, -0.25) is 4.79 Å². The van der Waals surface area contributed by atoms with E-state index in [1.807, 2.05) is 0 Å². The molecular weight excluding hydrogens is 160 g/mol. The Labute approximate surface area is 71.1 Å². The maximum absolute atomic E-state index is 10.8. The van der Waals surface area contributed by atoms with Gasteiger partial charge in [0.1, 0.15) is 5.78 Å². The van der Waals surface area contributed by atoms with Crippen LogP contribution in [0.15, 0.2) is 0 Å². The van der Waals surface area contributed by atoms with Crippen LogP contribution in [0.3, 0.4) is 0 Å². The van der Waals surface area contributed by atoms with Crippen molar-refractivity contribution in [2.75, 3.05) is 19.7 Å². The zero-order valence-electron chi connectivity index (χ0n) is 7.09. The van der Waals surface area contributed by atoms with Crippen LogP contribution in [0.25, 0.3) is 0 Å². The highest BCUT2D eigenvalue weighted by Crippen LogP contribution is 1.72. The maximum atomic E-state index is 10.8. The Bertz CT molecular complexity index is 159. The first-order valence-electron chi connectivity index (χ1n) is 3.79. The van der Waals surface area contributed by atoms with Gasteiger partial charge in [-0.15, -0.1) is 0 Å². The molecule has 0 rings (SSSR count). The lowest BCUT2D eigenvalue weighted by Crippen LogP contribution is -2.38. The lowest BCUT2D eigenvalue weighted by molar-refractivity contribution is -0.116. The van der Waals surface area contributed by atoms with Crippen LogP contribution in [-0.2, 0) is 4.79 Å². The van der Waals surface area contributed by atoms with Crippen LogP contribution in [0.2, 0.25) is 0 Å². The van der Waals surface area contributed by atoms with Crippen LogP contribution >= 0.6 is 0 Å². The molecule has 0 fully saturated rings. The largest absolute Gasteiger partial charge is 0.396 e. The fourth-order valence-electron chi connectivity index (χ4n) is 0.548. The zero-order valence-corrected chi connectivity index (χ0v) is 7.09. The van der Waals surface area contributed by atoms with Gasteiger partial charge >= 0.3 is 6.03 Å². The van der Waals surface area contributed by atoms with Gasteiger partial charge in [-0.05, 0) is 13.3 Å². The Hall–Kier alpha value is -1.10. The highest BCUT2D eigenvalue weighted by Gasteiger charge is 1.98. The molecule has 5 nitrogen and oxygen atoms in total. The summed E-state index contributed by atoms with van der Waals surface area (Å²) in [5, 5.41) is 13.2. The molecule has 0 spiro atoms. The number of Topliss-reactive ketones (excluding diaryl/α,β-unsaturated/α-hetero) is 1. The molecule has 0 radical (unpaired) electrons. The number of hydrogen-bond donors (Lipinski definition) is 3. The summed E-state index contributed by atoms with van der Waals surface area (Å²) in [5.41, 5.74) is 0. The molecule has 0 aromatic heterocycles. The van der Waals surface area contributed by atoms with Crippen molar-refractivity contribution < 1.29 is 14.7 Å². The van der Waals surface area contributed by atoms with Crippen LogP contribution in [0, 0.1) is 0 Å². The number of carbonyl (C=O) groups excluding carboxylic acids is 2. The Morgan fingerprint density at radius 2 is 2.00 bits per heavy atom. The Morgan fingerprint density at radius 1 is 1.33 bits per heavy atom. The SMILES string of the molecule is CC(=O)CNC(=O)NCCCO. The topological polar surface area (TPSA) is 78.4 Å². The number of urea groups is 1. The number of aliphatic hydroxyl groups excluding tert-OH is 1. The fraction of sp³-hybridized carbons (Fsp3) is 0.714. The van der Waals surface area contributed by atoms with Gasteiger partial charge in [0.2, 0.25) is 0 Å². The number of rotatable bonds is 5. The quantitative estimate of drug-likeness (QED) is 0.480. The third-order valence-electron chi connectivity index (χ3n) is 1.12. The van der Waals surface area contributed by atoms with E-state index in [1.54, 1.807) is 0 Å². The predicted octanol–water partition coefficient (Wildman–Crippen LogP) is -0.743. The molecule has 0 atom stereocenters. The lowest BCUT2D eigenvalue weighted by atomic mass is 10.4. The molecule has 0 aliphatic carbocycles. The third-order valence-corrected chi connectivity index (χ3v) is 1.12. The molecule has 0 aromatic carbocycles. The molecule has 0 aromatic rings. The van der Waals surface area contributed by atoms with Crippen LogP contribution in [0.4, 0.5) is 4.79 Å². The average molecular weight is 174 g/mol. The van der Waals surface area contributed by atoms with Crippen molar-refractivity contribution in [2.45, 2.75) is 13.3 Å². The van der Waals surface area contributed by atoms with Crippen molar-refractivity contribution in [3.05, 3.63) is 0 Å². The summed E-state index contributed by atoms with van der Waals surface area (Å²) < 4.78 is 0. The van der Waals surface area contributed by atoms with Gasteiger partial charge in [-0.25, -0.2) is 4.79 Å². The molecule has 2 amide bonds. The molecule has 0 aliphatic heterocycles. The summed E-state index contributed by atoms with van der Waals surface area (Å²) in [6, 6.07) is -0.376. The minimum absolute atomic E-state index is 0.0466. The van der Waals surface area contributed by atoms with Crippen molar-refractivity contribution in [1.29, 1.82) is 0 Å². The second kappa shape index (κ2) is 6.60. The van der Waals surface area contributed by atoms with E-state index in [1.165, 1.54) is 6.92 Å². The normalized spacial score (nSPS) is 9.17. The summed E-state index contributed by atoms with van der Waals surface area (Å²) >= 11 is 0. The van der Waals surface area contributed by atoms with Gasteiger partial charge in [0.25, 0.3) is 0 Å². The first kappa shape index (κ1) is 10.9. The molecular formula is C7H14N2O3. The van der Waals surface area contributed by atoms with Crippen LogP contribution in [0.5, 0.6) is 0 Å². The van der Waals surface area contributed by atoms with Crippen LogP contribution in [0.1, 0.15) is 13.3 Å². The van der Waals surface area contributed by atoms with E-state index in [0.29, 0.717) is 13.0 Å². The first-order chi connectivity index (χ1) is 5.66. The van der Waals surface area contributed by atoms with E-state index < -0.39 is 0 Å². The molecule has 0 heterocycles. The number of hydrogen-bond acceptors (Lipinski definition) is 3. The van der Waals surface area contributed by atoms with E-state index in [2.05, 4.69) is 10.6 Å². The van der Waals surface area contributed by atoms with Crippen molar-refractivity contribution in [1.82, 2.24) is 10.6 Å². The Balaban J connectivity index is 3.28. The summed E-state index contributed by atoms with van der Waals surface area (Å²) in [6.45, 7) is 1.91. The summed E-state index contributed by atoms with van der Waals surface area (Å²) in [4.78, 5) is 21.2. The van der Waals surface area contributed by atoms with Crippen molar-refractivity contribution in [2.24, 2.45) is 0 Å². The first-order valence-corrected chi connectivity index (χ1v) is 3.79. The summed E-state index contributed by atoms with van der Waals surface area (Å²) in [7, 11) is 0. The van der Waals surface area contributed by atoms with Crippen LogP contribution in [-0.4, -0.2) is 36.6 Å². The van der Waals surface area contributed by atoms with E-state index in [4.69, 9.17) is 5.11 Å². The highest BCUT2D eigenvalue weighted by atomic mass is 16.3. The van der Waals surface area contributed by atoms with Gasteiger partial charge in [-0.2, -0.15) is 0 Å². The van der Waals surface area contributed by atoms with Gasteiger partial charge in [-0.1, -0.05) is 0 Å². The minimum atomic E-state index is -0.376. The molecule has 0 saturated carbocycles. The highest BCUT2D eigenvalue weighted by molar-refractivity contribution is 5.83. The molecule has 0 aliphatic rings. The van der Waals surface area contributed by atoms with Gasteiger partial charge in [0.05, 0.1) is 6.54 Å². The number of carbonyl (C=O) groups is 2. The van der Waals surface area contributed by atoms with E-state index in [-0.39, 0.29) is 25.0 Å². The number of aliphatic hydroxyl groups is 1. The summed E-state index contributed by atoms with van der Waals surface area (Å²) in [5.74, 6) is -0.0905. The van der Waals surface area contributed by atoms with E-state index in [0.717, 1.165) is 0 Å². The molecule has 5 heteroatoms. The van der Waals surface area contributed by atoms with Gasteiger partial charge in [0, 0.05) is 13.2 Å². The van der Waals surface area contributed by atoms with Crippen molar-refractivity contribution in [3.8, 4) is 0 Å². The fourth-order valence-corrected chi connectivity index (χ4v) is 0.548. The van der Waals surface area contributed by atoms with Crippen molar-refractivity contribution in [3.63, 3.8) is 0 Å². The molecule has 3 N–H and O–H groups in total. The van der Waals surface area contributed by atoms with E-state index >= 15 is 0 Å². The Morgan fingerprint density at radius 3 is 2.50 bits per heavy atom. The van der Waals surface area contributed by atoms with Gasteiger partial charge in [0.15, 0.2) is 0 Å². The number of ketones is 1. The molecule has 0 unspecified atom stereocenters. The predicted molar refractivity (Wildman–Crippen MR) is 43.8 cm³/mol. The smallest absolute Gasteiger partial charge is 0.315 e. The third kappa shape index (κ3) is 7.01. The number of amides is 2. The molecule has 0 saturated heterocycles. The standard InChI is InChI=1S/C7H14N2O3/c1-6(11)5-9-7(12)8-3-2-4-10/h10H,2-5H2,1H3,(H2,8,9,12). The Kier molecular flexibility index (Phi) is 6.00. The van der Waals surface area contributed by atoms with E-state index in [9.17, 15) is 9.59 Å². The second-order valence-electron chi connectivity index (χ2n) is 2.39. The number of nitrogens with one attached hydrogen (secondary N) is 2. The zero-order chi connectivity index (χ0) is 9.40. The van der Waals surface area contributed by atoms with Gasteiger partial charge < -0.3 is 15.7 Å². The minimum Gasteiger partial charge on any atom is -0.396 e. The summed E-state index contributed by atoms with van der Waals surface area (Å²) in [6.07, 6.45) is 0.521. The average Bonchev–Trinajstić information content (AvgIpc) is 2.01. The molecule has 12 heavy (non-hydrogen) atoms. The molecule has 70 valence electrons. The molecule has 0 bridgehead atoms. The van der Waals surface area contributed by atoms with Crippen molar-refractivity contribution >= 4 is 11.8 Å². The lowest BCUT2D eigenvalue weighted by Gasteiger charge is -2.04. The second-order valence-corrected chi connectivity index (χ2v) is 2.39.